The molecule has 1 fully saturated rings. The minimum atomic E-state index is -0.490. The maximum Gasteiger partial charge on any atom is 0.496 e. The lowest BCUT2D eigenvalue weighted by Crippen LogP contribution is -2.41. The third-order valence-electron chi connectivity index (χ3n) is 31.9. The largest absolute Gasteiger partial charge is 0.496 e. The SMILES string of the molecule is Brc1cccc(-c2ccc(-c3c4ccccc4c(-c4ccc5ccccc5c4)c4ccccc34)c3ccccc23)c1.CC1(C)OB(c2c(-c3cccc4ccccc34)ccc3ccc(-c4cccc5ccccc45)cc23)OC1(C)C.c1cc(-c2c(-c3cccc4ccccc34)ccc3ccc(-c4cccc5ccccc45)cc23)cc(-c2ccc(-c3c4ccccc4c(-c4ccc5ccccc5c4)c4ccccc34)c3ccccc23)c1. The zero-order valence-electron chi connectivity index (χ0n) is 83.6. The fraction of sp³-hybridized carbons (Fsp3) is 0.0411. The van der Waals surface area contributed by atoms with Gasteiger partial charge in [0.05, 0.1) is 11.2 Å². The van der Waals surface area contributed by atoms with Gasteiger partial charge in [-0.15, -0.1) is 0 Å². The van der Waals surface area contributed by atoms with Gasteiger partial charge >= 0.3 is 7.12 Å². The van der Waals surface area contributed by atoms with E-state index in [1.807, 2.05) is 0 Å². The van der Waals surface area contributed by atoms with Crippen LogP contribution in [0.1, 0.15) is 27.7 Å². The van der Waals surface area contributed by atoms with Crippen molar-refractivity contribution in [3.8, 4) is 122 Å². The molecule has 0 aromatic heterocycles. The van der Waals surface area contributed by atoms with E-state index in [2.05, 4.69) is 577 Å². The molecule has 28 aromatic carbocycles. The Balaban J connectivity index is 0.000000118. The Hall–Kier alpha value is -17.7. The molecule has 28 aromatic rings. The molecule has 2 nitrogen and oxygen atoms in total. The third-order valence-corrected chi connectivity index (χ3v) is 32.4. The van der Waals surface area contributed by atoms with Crippen molar-refractivity contribution in [1.29, 1.82) is 0 Å². The summed E-state index contributed by atoms with van der Waals surface area (Å²) in [5, 5.41) is 34.8. The second kappa shape index (κ2) is 37.6. The fourth-order valence-corrected chi connectivity index (χ4v) is 24.4. The summed E-state index contributed by atoms with van der Waals surface area (Å²) in [5.41, 5.74) is 27.3. The summed E-state index contributed by atoms with van der Waals surface area (Å²) in [6.45, 7) is 8.49. The van der Waals surface area contributed by atoms with Gasteiger partial charge in [-0.3, -0.25) is 0 Å². The van der Waals surface area contributed by atoms with Crippen molar-refractivity contribution < 1.29 is 9.31 Å². The van der Waals surface area contributed by atoms with Gasteiger partial charge in [-0.1, -0.05) is 507 Å². The summed E-state index contributed by atoms with van der Waals surface area (Å²) in [4.78, 5) is 0. The Morgan fingerprint density at radius 3 is 0.813 bits per heavy atom. The predicted octanol–water partition coefficient (Wildman–Crippen LogP) is 40.6. The van der Waals surface area contributed by atoms with Crippen molar-refractivity contribution in [2.45, 2.75) is 38.9 Å². The first-order valence-electron chi connectivity index (χ1n) is 52.0. The van der Waals surface area contributed by atoms with Gasteiger partial charge in [-0.05, 0) is 349 Å². The van der Waals surface area contributed by atoms with E-state index in [4.69, 9.17) is 9.31 Å². The van der Waals surface area contributed by atoms with Crippen molar-refractivity contribution >= 4 is 179 Å². The first-order valence-corrected chi connectivity index (χ1v) is 52.8. The minimum absolute atomic E-state index is 0.441. The van der Waals surface area contributed by atoms with E-state index < -0.39 is 18.3 Å². The maximum absolute atomic E-state index is 6.73. The molecule has 1 aliphatic rings. The van der Waals surface area contributed by atoms with E-state index in [0.29, 0.717) is 0 Å². The van der Waals surface area contributed by atoms with Crippen molar-refractivity contribution in [2.75, 3.05) is 0 Å². The van der Waals surface area contributed by atoms with Crippen LogP contribution in [0.4, 0.5) is 0 Å². The Labute approximate surface area is 881 Å². The number of hydrogen-bond acceptors (Lipinski definition) is 2. The van der Waals surface area contributed by atoms with Crippen LogP contribution >= 0.6 is 15.9 Å². The standard InChI is InChI=1S/C70H44.C40H25Br.C36H31BO2/c1-2-19-49-42-53(37-34-45(49)16-1)68-61-28-9-11-30-63(61)70(64-31-12-10-29-62(64)68)66-41-40-57(58-26-7-8-27-60(58)66)50-22-13-23-52(43-50)69-65(59-33-15-21-47-18-4-6-25-55(47)59)39-38-48-35-36-51(44-67(48)69)56-32-14-20-46-17-3-5-24-54(46)56;41-30-13-9-12-28(25-30)31-22-23-38(33-15-4-3-14-32(31)33)40-36-18-7-5-16-34(36)39(35-17-6-8-19-37(35)40)29-21-20-26-10-1-2-11-27(26)24-29;1-35(2)36(3,4)39-37(38-35)34-32(31-18-10-14-25-12-6-8-16-29(25)31)22-21-26-19-20-27(23-33(26)34)30-17-9-13-24-11-5-7-15-28(24)30/h1-44H;1-25H;5-23H,1-4H3. The van der Waals surface area contributed by atoms with E-state index in [1.54, 1.807) is 0 Å². The summed E-state index contributed by atoms with van der Waals surface area (Å²) in [5.74, 6) is 0. The molecule has 706 valence electrons. The lowest BCUT2D eigenvalue weighted by atomic mass is 9.71. The lowest BCUT2D eigenvalue weighted by Gasteiger charge is -2.32. The molecule has 1 aliphatic heterocycles. The molecule has 1 heterocycles. The zero-order valence-corrected chi connectivity index (χ0v) is 85.2. The first-order chi connectivity index (χ1) is 73.8. The molecule has 0 atom stereocenters. The van der Waals surface area contributed by atoms with Crippen LogP contribution in [-0.4, -0.2) is 18.3 Å². The summed E-state index contributed by atoms with van der Waals surface area (Å²) >= 11 is 3.67. The summed E-state index contributed by atoms with van der Waals surface area (Å²) in [6.07, 6.45) is 0. The van der Waals surface area contributed by atoms with Crippen LogP contribution in [0.25, 0.3) is 273 Å². The van der Waals surface area contributed by atoms with E-state index >= 15 is 0 Å². The monoisotopic (exact) mass is 1970 g/mol. The molecule has 4 heteroatoms. The summed E-state index contributed by atoms with van der Waals surface area (Å²) in [7, 11) is -0.490. The molecule has 0 aliphatic carbocycles. The molecule has 150 heavy (non-hydrogen) atoms. The number of hydrogen-bond donors (Lipinski definition) is 0. The van der Waals surface area contributed by atoms with Crippen molar-refractivity contribution in [3.63, 3.8) is 0 Å². The number of fused-ring (bicyclic) bond motifs is 14. The lowest BCUT2D eigenvalue weighted by molar-refractivity contribution is 0.00578. The number of halogens is 1. The normalized spacial score (nSPS) is 12.9. The average Bonchev–Trinajstić information content (AvgIpc) is 0.799. The van der Waals surface area contributed by atoms with Crippen molar-refractivity contribution in [3.05, 3.63) is 538 Å². The first kappa shape index (κ1) is 91.0. The highest BCUT2D eigenvalue weighted by atomic mass is 79.9. The second-order valence-electron chi connectivity index (χ2n) is 40.9. The molecule has 29 rings (SSSR count). The Morgan fingerprint density at radius 2 is 0.393 bits per heavy atom. The fourth-order valence-electron chi connectivity index (χ4n) is 24.0. The van der Waals surface area contributed by atoms with Gasteiger partial charge in [0.2, 0.25) is 0 Å². The van der Waals surface area contributed by atoms with E-state index in [0.717, 1.165) is 20.9 Å². The van der Waals surface area contributed by atoms with Crippen LogP contribution in [-0.2, 0) is 9.31 Å². The van der Waals surface area contributed by atoms with Crippen LogP contribution in [0.5, 0.6) is 0 Å². The average molecular weight is 1980 g/mol. The van der Waals surface area contributed by atoms with Gasteiger partial charge in [0.25, 0.3) is 0 Å². The van der Waals surface area contributed by atoms with Crippen molar-refractivity contribution in [1.82, 2.24) is 0 Å². The molecule has 0 saturated carbocycles. The van der Waals surface area contributed by atoms with E-state index in [-0.39, 0.29) is 0 Å². The molecule has 0 N–H and O–H groups in total. The second-order valence-corrected chi connectivity index (χ2v) is 41.8. The topological polar surface area (TPSA) is 18.5 Å². The Morgan fingerprint density at radius 1 is 0.147 bits per heavy atom. The molecular weight excluding hydrogens is 1880 g/mol. The Kier molecular flexibility index (Phi) is 22.8. The van der Waals surface area contributed by atoms with Gasteiger partial charge in [-0.2, -0.15) is 0 Å². The maximum atomic E-state index is 6.73. The Bertz CT molecular complexity index is 10200. The van der Waals surface area contributed by atoms with Gasteiger partial charge in [0, 0.05) is 4.47 Å². The smallest absolute Gasteiger partial charge is 0.399 e. The van der Waals surface area contributed by atoms with Crippen LogP contribution in [0.3, 0.4) is 0 Å². The highest BCUT2D eigenvalue weighted by molar-refractivity contribution is 9.10. The van der Waals surface area contributed by atoms with Gasteiger partial charge < -0.3 is 9.31 Å². The molecule has 0 amide bonds. The molecular formula is C146H100BBrO2. The minimum Gasteiger partial charge on any atom is -0.399 e. The predicted molar refractivity (Wildman–Crippen MR) is 648 cm³/mol. The van der Waals surface area contributed by atoms with Crippen LogP contribution in [0, 0.1) is 0 Å². The van der Waals surface area contributed by atoms with Gasteiger partial charge in [0.1, 0.15) is 0 Å². The number of benzene rings is 28. The van der Waals surface area contributed by atoms with Crippen LogP contribution in [0.2, 0.25) is 0 Å². The van der Waals surface area contributed by atoms with Crippen LogP contribution in [0.15, 0.2) is 538 Å². The van der Waals surface area contributed by atoms with Gasteiger partial charge in [0.15, 0.2) is 0 Å². The quantitative estimate of drug-likeness (QED) is 0.0897. The van der Waals surface area contributed by atoms with Crippen molar-refractivity contribution in [2.24, 2.45) is 0 Å². The summed E-state index contributed by atoms with van der Waals surface area (Å²) in [6, 6.07) is 196. The third kappa shape index (κ3) is 16.0. The zero-order chi connectivity index (χ0) is 100. The highest BCUT2D eigenvalue weighted by Crippen LogP contribution is 2.53. The van der Waals surface area contributed by atoms with E-state index in [1.165, 1.54) is 262 Å². The highest BCUT2D eigenvalue weighted by Gasteiger charge is 2.53. The molecule has 0 unspecified atom stereocenters. The molecule has 0 radical (unpaired) electrons. The molecule has 0 spiro atoms. The number of rotatable bonds is 12. The van der Waals surface area contributed by atoms with Crippen LogP contribution < -0.4 is 5.46 Å². The van der Waals surface area contributed by atoms with E-state index in [9.17, 15) is 0 Å². The molecule has 1 saturated heterocycles. The summed E-state index contributed by atoms with van der Waals surface area (Å²) < 4.78 is 14.5. The molecule has 0 bridgehead atoms. The van der Waals surface area contributed by atoms with Gasteiger partial charge in [-0.25, -0.2) is 0 Å².